The molecular formula is C19H22N4O3. The molecule has 1 saturated heterocycles. The predicted molar refractivity (Wildman–Crippen MR) is 97.2 cm³/mol. The first-order valence-corrected chi connectivity index (χ1v) is 8.84. The topological polar surface area (TPSA) is 75.7 Å². The lowest BCUT2D eigenvalue weighted by molar-refractivity contribution is -0.116. The number of benzene rings is 1. The Labute approximate surface area is 152 Å². The van der Waals surface area contributed by atoms with Gasteiger partial charge in [0.25, 0.3) is 0 Å². The van der Waals surface area contributed by atoms with E-state index in [2.05, 4.69) is 26.6 Å². The third-order valence-electron chi connectivity index (χ3n) is 4.71. The van der Waals surface area contributed by atoms with Gasteiger partial charge in [0.05, 0.1) is 0 Å². The fraction of sp³-hybridized carbons (Fsp3) is 0.368. The maximum atomic E-state index is 12.4. The number of pyridine rings is 1. The van der Waals surface area contributed by atoms with Crippen LogP contribution in [0.1, 0.15) is 18.0 Å². The van der Waals surface area contributed by atoms with Gasteiger partial charge in [-0.3, -0.25) is 14.7 Å². The van der Waals surface area contributed by atoms with E-state index in [-0.39, 0.29) is 18.7 Å². The van der Waals surface area contributed by atoms with E-state index in [9.17, 15) is 4.79 Å². The monoisotopic (exact) mass is 354 g/mol. The highest BCUT2D eigenvalue weighted by Gasteiger charge is 2.24. The standard InChI is InChI=1S/C19H22N4O3/c24-19(22-15-3-4-17-18(10-15)26-13-25-17)5-8-23-9-7-21-12-16(23)14-2-1-6-20-11-14/h1-4,6,10-11,16,21H,5,7-9,12-13H2,(H,22,24). The van der Waals surface area contributed by atoms with Crippen LogP contribution in [-0.4, -0.2) is 48.8 Å². The summed E-state index contributed by atoms with van der Waals surface area (Å²) in [6.07, 6.45) is 4.12. The van der Waals surface area contributed by atoms with Crippen molar-refractivity contribution in [3.05, 3.63) is 48.3 Å². The molecule has 0 spiro atoms. The number of rotatable bonds is 5. The molecule has 1 amide bonds. The Morgan fingerprint density at radius 1 is 1.31 bits per heavy atom. The van der Waals surface area contributed by atoms with Gasteiger partial charge < -0.3 is 20.1 Å². The highest BCUT2D eigenvalue weighted by molar-refractivity contribution is 5.91. The van der Waals surface area contributed by atoms with Gasteiger partial charge in [-0.2, -0.15) is 0 Å². The number of piperazine rings is 1. The van der Waals surface area contributed by atoms with Crippen LogP contribution < -0.4 is 20.1 Å². The summed E-state index contributed by atoms with van der Waals surface area (Å²) in [5.41, 5.74) is 1.90. The number of fused-ring (bicyclic) bond motifs is 1. The van der Waals surface area contributed by atoms with Gasteiger partial charge in [0.15, 0.2) is 11.5 Å². The van der Waals surface area contributed by atoms with Crippen LogP contribution in [0.15, 0.2) is 42.7 Å². The minimum Gasteiger partial charge on any atom is -0.454 e. The fourth-order valence-electron chi connectivity index (χ4n) is 3.36. The van der Waals surface area contributed by atoms with Crippen LogP contribution >= 0.6 is 0 Å². The summed E-state index contributed by atoms with van der Waals surface area (Å²) in [6.45, 7) is 3.65. The number of nitrogens with one attached hydrogen (secondary N) is 2. The Morgan fingerprint density at radius 2 is 2.23 bits per heavy atom. The van der Waals surface area contributed by atoms with Crippen LogP contribution in [-0.2, 0) is 4.79 Å². The maximum Gasteiger partial charge on any atom is 0.231 e. The zero-order valence-electron chi connectivity index (χ0n) is 14.5. The predicted octanol–water partition coefficient (Wildman–Crippen LogP) is 1.79. The third-order valence-corrected chi connectivity index (χ3v) is 4.71. The normalized spacial score (nSPS) is 19.3. The summed E-state index contributed by atoms with van der Waals surface area (Å²) in [5.74, 6) is 1.37. The van der Waals surface area contributed by atoms with Crippen molar-refractivity contribution < 1.29 is 14.3 Å². The summed E-state index contributed by atoms with van der Waals surface area (Å²) < 4.78 is 10.6. The number of aromatic nitrogens is 1. The smallest absolute Gasteiger partial charge is 0.231 e. The molecular weight excluding hydrogens is 332 g/mol. The van der Waals surface area contributed by atoms with E-state index in [0.29, 0.717) is 24.5 Å². The van der Waals surface area contributed by atoms with Crippen molar-refractivity contribution >= 4 is 11.6 Å². The molecule has 1 atom stereocenters. The minimum absolute atomic E-state index is 0.00710. The second kappa shape index (κ2) is 7.72. The minimum atomic E-state index is -0.00710. The summed E-state index contributed by atoms with van der Waals surface area (Å²) >= 11 is 0. The lowest BCUT2D eigenvalue weighted by Gasteiger charge is -2.36. The van der Waals surface area contributed by atoms with E-state index in [1.165, 1.54) is 5.56 Å². The van der Waals surface area contributed by atoms with Gasteiger partial charge in [-0.25, -0.2) is 0 Å². The molecule has 7 nitrogen and oxygen atoms in total. The van der Waals surface area contributed by atoms with Crippen molar-refractivity contribution in [1.82, 2.24) is 15.2 Å². The first-order chi connectivity index (χ1) is 12.8. The zero-order chi connectivity index (χ0) is 17.8. The number of hydrogen-bond acceptors (Lipinski definition) is 6. The fourth-order valence-corrected chi connectivity index (χ4v) is 3.36. The van der Waals surface area contributed by atoms with E-state index < -0.39 is 0 Å². The second-order valence-corrected chi connectivity index (χ2v) is 6.41. The van der Waals surface area contributed by atoms with Crippen molar-refractivity contribution in [2.75, 3.05) is 38.3 Å². The van der Waals surface area contributed by atoms with E-state index in [4.69, 9.17) is 9.47 Å². The van der Waals surface area contributed by atoms with Gasteiger partial charge in [-0.15, -0.1) is 0 Å². The third kappa shape index (κ3) is 3.79. The summed E-state index contributed by atoms with van der Waals surface area (Å²) in [4.78, 5) is 18.9. The molecule has 0 radical (unpaired) electrons. The maximum absolute atomic E-state index is 12.4. The Morgan fingerprint density at radius 3 is 3.12 bits per heavy atom. The number of nitrogens with zero attached hydrogens (tertiary/aromatic N) is 2. The quantitative estimate of drug-likeness (QED) is 0.853. The van der Waals surface area contributed by atoms with Crippen molar-refractivity contribution in [2.45, 2.75) is 12.5 Å². The summed E-state index contributed by atoms with van der Waals surface area (Å²) in [5, 5.41) is 6.36. The molecule has 26 heavy (non-hydrogen) atoms. The number of carbonyl (C=O) groups is 1. The molecule has 4 rings (SSSR count). The van der Waals surface area contributed by atoms with Crippen LogP contribution in [0, 0.1) is 0 Å². The molecule has 2 aromatic rings. The van der Waals surface area contributed by atoms with Crippen LogP contribution in [0.4, 0.5) is 5.69 Å². The molecule has 2 N–H and O–H groups in total. The van der Waals surface area contributed by atoms with Crippen molar-refractivity contribution in [2.24, 2.45) is 0 Å². The van der Waals surface area contributed by atoms with Gasteiger partial charge in [0.2, 0.25) is 12.7 Å². The average molecular weight is 354 g/mol. The Hall–Kier alpha value is -2.64. The molecule has 1 aromatic carbocycles. The van der Waals surface area contributed by atoms with E-state index in [0.717, 1.165) is 25.3 Å². The SMILES string of the molecule is O=C(CCN1CCNCC1c1cccnc1)Nc1ccc2c(c1)OCO2. The van der Waals surface area contributed by atoms with Crippen LogP contribution in [0.25, 0.3) is 0 Å². The van der Waals surface area contributed by atoms with Gasteiger partial charge in [0, 0.05) is 62.8 Å². The number of carbonyl (C=O) groups excluding carboxylic acids is 1. The van der Waals surface area contributed by atoms with Crippen molar-refractivity contribution in [3.63, 3.8) is 0 Å². The molecule has 136 valence electrons. The van der Waals surface area contributed by atoms with Gasteiger partial charge >= 0.3 is 0 Å². The van der Waals surface area contributed by atoms with Gasteiger partial charge in [0.1, 0.15) is 0 Å². The lowest BCUT2D eigenvalue weighted by atomic mass is 10.1. The number of hydrogen-bond donors (Lipinski definition) is 2. The molecule has 0 saturated carbocycles. The van der Waals surface area contributed by atoms with Crippen molar-refractivity contribution in [1.29, 1.82) is 0 Å². The first kappa shape index (κ1) is 16.8. The average Bonchev–Trinajstić information content (AvgIpc) is 3.15. The van der Waals surface area contributed by atoms with Crippen molar-refractivity contribution in [3.8, 4) is 11.5 Å². The van der Waals surface area contributed by atoms with Gasteiger partial charge in [-0.1, -0.05) is 6.07 Å². The number of ether oxygens (including phenoxy) is 2. The molecule has 1 aromatic heterocycles. The van der Waals surface area contributed by atoms with E-state index >= 15 is 0 Å². The Bertz CT molecular complexity index is 769. The molecule has 0 bridgehead atoms. The van der Waals surface area contributed by atoms with Crippen LogP contribution in [0.2, 0.25) is 0 Å². The molecule has 2 aliphatic heterocycles. The number of amides is 1. The van der Waals surface area contributed by atoms with E-state index in [1.54, 1.807) is 12.3 Å². The highest BCUT2D eigenvalue weighted by atomic mass is 16.7. The molecule has 1 fully saturated rings. The lowest BCUT2D eigenvalue weighted by Crippen LogP contribution is -2.46. The Balaban J connectivity index is 1.34. The zero-order valence-corrected chi connectivity index (χ0v) is 14.5. The second-order valence-electron chi connectivity index (χ2n) is 6.41. The summed E-state index contributed by atoms with van der Waals surface area (Å²) in [7, 11) is 0. The molecule has 1 unspecified atom stereocenters. The number of anilines is 1. The molecule has 7 heteroatoms. The van der Waals surface area contributed by atoms with Crippen LogP contribution in [0.5, 0.6) is 11.5 Å². The molecule has 3 heterocycles. The molecule has 0 aliphatic carbocycles. The van der Waals surface area contributed by atoms with E-state index in [1.807, 2.05) is 24.4 Å². The Kier molecular flexibility index (Phi) is 4.99. The van der Waals surface area contributed by atoms with Crippen LogP contribution in [0.3, 0.4) is 0 Å². The largest absolute Gasteiger partial charge is 0.454 e. The molecule has 2 aliphatic rings. The summed E-state index contributed by atoms with van der Waals surface area (Å²) in [6, 6.07) is 9.72. The first-order valence-electron chi connectivity index (χ1n) is 8.84. The van der Waals surface area contributed by atoms with Gasteiger partial charge in [-0.05, 0) is 23.8 Å². The highest BCUT2D eigenvalue weighted by Crippen LogP contribution is 2.34.